The smallest absolute Gasteiger partial charge is 0.0789 e. The second kappa shape index (κ2) is 4.92. The van der Waals surface area contributed by atoms with Gasteiger partial charge in [-0.3, -0.25) is 4.98 Å². The van der Waals surface area contributed by atoms with Crippen molar-refractivity contribution in [2.45, 2.75) is 32.1 Å². The van der Waals surface area contributed by atoms with Crippen molar-refractivity contribution in [1.29, 1.82) is 0 Å². The molecule has 1 aliphatic carbocycles. The van der Waals surface area contributed by atoms with Gasteiger partial charge in [-0.1, -0.05) is 44.2 Å². The highest BCUT2D eigenvalue weighted by molar-refractivity contribution is 6.01. The van der Waals surface area contributed by atoms with Crippen molar-refractivity contribution in [3.63, 3.8) is 0 Å². The summed E-state index contributed by atoms with van der Waals surface area (Å²) in [6, 6.07) is 15.1. The van der Waals surface area contributed by atoms with Crippen LogP contribution in [0.5, 0.6) is 0 Å². The first-order chi connectivity index (χ1) is 11.1. The molecule has 0 saturated heterocycles. The maximum absolute atomic E-state index is 5.87. The average Bonchev–Trinajstić information content (AvgIpc) is 2.58. The third-order valence-corrected chi connectivity index (χ3v) is 5.04. The molecule has 0 amide bonds. The fourth-order valence-corrected chi connectivity index (χ4v) is 3.79. The summed E-state index contributed by atoms with van der Waals surface area (Å²) in [5.41, 5.74) is 6.87. The Kier molecular flexibility index (Phi) is 3.09. The number of rotatable bonds is 2. The third-order valence-electron chi connectivity index (χ3n) is 5.04. The van der Waals surface area contributed by atoms with Gasteiger partial charge in [-0.2, -0.15) is 0 Å². The number of fused-ring (bicyclic) bond motifs is 2. The van der Waals surface area contributed by atoms with Crippen molar-refractivity contribution < 1.29 is 0 Å². The Labute approximate surface area is 138 Å². The number of hydrogen-bond acceptors (Lipinski definition) is 1. The van der Waals surface area contributed by atoms with E-state index in [1.165, 1.54) is 27.5 Å². The summed E-state index contributed by atoms with van der Waals surface area (Å²) in [7, 11) is 0. The standard InChI is InChI=1S/C22H19N/c1-5-14-10-11-18-17(12-14)21-20-15(13-16(6-2)23-21)8-7-9-19(20)22(18,3)4/h1-2,7-13H,5-6H2,3-4H3. The van der Waals surface area contributed by atoms with Gasteiger partial charge in [-0.15, -0.1) is 0 Å². The largest absolute Gasteiger partial charge is 0.252 e. The van der Waals surface area contributed by atoms with E-state index in [9.17, 15) is 0 Å². The number of pyridine rings is 1. The third kappa shape index (κ3) is 1.96. The second-order valence-corrected chi connectivity index (χ2v) is 6.78. The number of aromatic nitrogens is 1. The average molecular weight is 297 g/mol. The SMILES string of the molecule is [CH]Cc1ccc2c(c1)-c1nc(C[CH])cc3cccc(c13)C2(C)C. The van der Waals surface area contributed by atoms with E-state index in [2.05, 4.69) is 56.3 Å². The molecule has 0 aliphatic heterocycles. The number of benzene rings is 2. The summed E-state index contributed by atoms with van der Waals surface area (Å²) in [5, 5.41) is 2.46. The lowest BCUT2D eigenvalue weighted by Crippen LogP contribution is -2.24. The molecular formula is C22H19N. The van der Waals surface area contributed by atoms with Crippen molar-refractivity contribution in [3.05, 3.63) is 78.7 Å². The molecule has 112 valence electrons. The predicted octanol–water partition coefficient (Wildman–Crippen LogP) is 5.05. The predicted molar refractivity (Wildman–Crippen MR) is 95.3 cm³/mol. The Bertz CT molecular complexity index is 919. The lowest BCUT2D eigenvalue weighted by Gasteiger charge is -2.35. The van der Waals surface area contributed by atoms with E-state index >= 15 is 0 Å². The van der Waals surface area contributed by atoms with Gasteiger partial charge in [0, 0.05) is 22.1 Å². The quantitative estimate of drug-likeness (QED) is 0.645. The van der Waals surface area contributed by atoms with Gasteiger partial charge < -0.3 is 0 Å². The minimum Gasteiger partial charge on any atom is -0.252 e. The van der Waals surface area contributed by atoms with Crippen LogP contribution in [0.1, 0.15) is 36.2 Å². The Morgan fingerprint density at radius 2 is 1.78 bits per heavy atom. The minimum atomic E-state index is -0.0547. The van der Waals surface area contributed by atoms with Crippen LogP contribution in [0, 0.1) is 13.8 Å². The maximum Gasteiger partial charge on any atom is 0.0789 e. The van der Waals surface area contributed by atoms with Gasteiger partial charge in [0.15, 0.2) is 0 Å². The highest BCUT2D eigenvalue weighted by Gasteiger charge is 2.34. The monoisotopic (exact) mass is 297 g/mol. The van der Waals surface area contributed by atoms with Crippen LogP contribution in [0.2, 0.25) is 0 Å². The maximum atomic E-state index is 5.87. The minimum absolute atomic E-state index is 0.0547. The van der Waals surface area contributed by atoms with Gasteiger partial charge in [-0.25, -0.2) is 0 Å². The molecule has 0 fully saturated rings. The molecule has 0 spiro atoms. The van der Waals surface area contributed by atoms with Crippen LogP contribution in [0.4, 0.5) is 0 Å². The lowest BCUT2D eigenvalue weighted by molar-refractivity contribution is 0.643. The van der Waals surface area contributed by atoms with Crippen molar-refractivity contribution in [3.8, 4) is 11.3 Å². The summed E-state index contributed by atoms with van der Waals surface area (Å²) in [6.45, 7) is 16.3. The molecule has 0 unspecified atom stereocenters. The van der Waals surface area contributed by atoms with Crippen molar-refractivity contribution in [2.75, 3.05) is 0 Å². The molecule has 0 bridgehead atoms. The van der Waals surface area contributed by atoms with Gasteiger partial charge in [0.25, 0.3) is 0 Å². The molecule has 0 saturated carbocycles. The Balaban J connectivity index is 2.19. The first-order valence-corrected chi connectivity index (χ1v) is 8.03. The Morgan fingerprint density at radius 1 is 0.957 bits per heavy atom. The summed E-state index contributed by atoms with van der Waals surface area (Å²) in [4.78, 5) is 4.87. The zero-order valence-electron chi connectivity index (χ0n) is 13.6. The molecule has 1 aromatic heterocycles. The van der Waals surface area contributed by atoms with Crippen LogP contribution >= 0.6 is 0 Å². The fraction of sp³-hybridized carbons (Fsp3) is 0.227. The van der Waals surface area contributed by atoms with Crippen LogP contribution in [0.15, 0.2) is 42.5 Å². The van der Waals surface area contributed by atoms with E-state index in [-0.39, 0.29) is 5.41 Å². The van der Waals surface area contributed by atoms with E-state index < -0.39 is 0 Å². The lowest BCUT2D eigenvalue weighted by atomic mass is 9.69. The molecule has 0 N–H and O–H groups in total. The summed E-state index contributed by atoms with van der Waals surface area (Å²) < 4.78 is 0. The Hall–Kier alpha value is -2.15. The van der Waals surface area contributed by atoms with Gasteiger partial charge in [0.1, 0.15) is 0 Å². The van der Waals surface area contributed by atoms with Crippen molar-refractivity contribution in [1.82, 2.24) is 4.98 Å². The highest BCUT2D eigenvalue weighted by atomic mass is 14.7. The zero-order valence-corrected chi connectivity index (χ0v) is 13.6. The molecule has 23 heavy (non-hydrogen) atoms. The summed E-state index contributed by atoms with van der Waals surface area (Å²) in [6.07, 6.45) is 0.984. The van der Waals surface area contributed by atoms with Gasteiger partial charge in [0.2, 0.25) is 0 Å². The molecule has 4 radical (unpaired) electrons. The highest BCUT2D eigenvalue weighted by Crippen LogP contribution is 2.48. The topological polar surface area (TPSA) is 12.9 Å². The fourth-order valence-electron chi connectivity index (χ4n) is 3.79. The van der Waals surface area contributed by atoms with E-state index in [4.69, 9.17) is 18.8 Å². The van der Waals surface area contributed by atoms with Crippen LogP contribution in [-0.2, 0) is 18.3 Å². The normalized spacial score (nSPS) is 14.8. The second-order valence-electron chi connectivity index (χ2n) is 6.78. The van der Waals surface area contributed by atoms with Crippen LogP contribution < -0.4 is 0 Å². The molecule has 1 heteroatoms. The molecule has 1 aliphatic rings. The van der Waals surface area contributed by atoms with E-state index in [1.807, 2.05) is 0 Å². The van der Waals surface area contributed by atoms with E-state index in [0.29, 0.717) is 12.8 Å². The van der Waals surface area contributed by atoms with Crippen LogP contribution in [-0.4, -0.2) is 4.98 Å². The molecule has 3 aromatic rings. The van der Waals surface area contributed by atoms with Crippen molar-refractivity contribution >= 4 is 10.8 Å². The first-order valence-electron chi connectivity index (χ1n) is 8.03. The van der Waals surface area contributed by atoms with E-state index in [0.717, 1.165) is 17.0 Å². The summed E-state index contributed by atoms with van der Waals surface area (Å²) >= 11 is 0. The van der Waals surface area contributed by atoms with Gasteiger partial charge >= 0.3 is 0 Å². The van der Waals surface area contributed by atoms with Crippen LogP contribution in [0.3, 0.4) is 0 Å². The van der Waals surface area contributed by atoms with Crippen molar-refractivity contribution in [2.24, 2.45) is 0 Å². The number of hydrogen-bond donors (Lipinski definition) is 0. The van der Waals surface area contributed by atoms with Crippen LogP contribution in [0.25, 0.3) is 22.0 Å². The number of nitrogens with zero attached hydrogens (tertiary/aromatic N) is 1. The van der Waals surface area contributed by atoms with E-state index in [1.54, 1.807) is 0 Å². The first kappa shape index (κ1) is 14.4. The molecule has 0 atom stereocenters. The summed E-state index contributed by atoms with van der Waals surface area (Å²) in [5.74, 6) is 0. The molecule has 1 heterocycles. The zero-order chi connectivity index (χ0) is 16.2. The molecule has 4 rings (SSSR count). The molecular weight excluding hydrogens is 278 g/mol. The molecule has 1 nitrogen and oxygen atoms in total. The van der Waals surface area contributed by atoms with Gasteiger partial charge in [0.05, 0.1) is 5.69 Å². The Morgan fingerprint density at radius 3 is 2.52 bits per heavy atom. The molecule has 2 aromatic carbocycles. The van der Waals surface area contributed by atoms with Gasteiger partial charge in [-0.05, 0) is 60.9 Å².